The Balaban J connectivity index is 1.70. The van der Waals surface area contributed by atoms with Crippen molar-refractivity contribution in [3.05, 3.63) is 0 Å². The van der Waals surface area contributed by atoms with Crippen molar-refractivity contribution in [3.63, 3.8) is 0 Å². The minimum absolute atomic E-state index is 0.00921. The molecular formula is C12H20N2O3S. The fourth-order valence-electron chi connectivity index (χ4n) is 2.59. The van der Waals surface area contributed by atoms with Gasteiger partial charge in [-0.2, -0.15) is 0 Å². The molecule has 1 saturated carbocycles. The van der Waals surface area contributed by atoms with E-state index < -0.39 is 0 Å². The van der Waals surface area contributed by atoms with Crippen molar-refractivity contribution in [2.75, 3.05) is 25.4 Å². The van der Waals surface area contributed by atoms with Crippen molar-refractivity contribution >= 4 is 22.9 Å². The summed E-state index contributed by atoms with van der Waals surface area (Å²) in [6.07, 6.45) is 3.37. The van der Waals surface area contributed by atoms with Crippen LogP contribution in [-0.2, 0) is 4.79 Å². The Morgan fingerprint density at radius 3 is 3.00 bits per heavy atom. The van der Waals surface area contributed by atoms with E-state index in [1.165, 1.54) is 11.8 Å². The summed E-state index contributed by atoms with van der Waals surface area (Å²) in [7, 11) is 0. The van der Waals surface area contributed by atoms with Crippen LogP contribution in [0.1, 0.15) is 25.7 Å². The summed E-state index contributed by atoms with van der Waals surface area (Å²) in [6, 6.07) is 0.117. The summed E-state index contributed by atoms with van der Waals surface area (Å²) in [5, 5.41) is 12.2. The van der Waals surface area contributed by atoms with Crippen molar-refractivity contribution in [1.29, 1.82) is 0 Å². The minimum atomic E-state index is -0.00921. The maximum atomic E-state index is 11.8. The number of hydrogen-bond donors (Lipinski definition) is 2. The molecule has 2 amide bonds. The number of nitrogens with one attached hydrogen (secondary N) is 1. The van der Waals surface area contributed by atoms with Crippen LogP contribution in [0.2, 0.25) is 0 Å². The highest BCUT2D eigenvalue weighted by atomic mass is 32.2. The Hall–Kier alpha value is -0.750. The van der Waals surface area contributed by atoms with Crippen LogP contribution in [0.5, 0.6) is 0 Å². The molecule has 1 heterocycles. The van der Waals surface area contributed by atoms with Gasteiger partial charge in [0.05, 0.1) is 0 Å². The molecule has 2 aliphatic rings. The van der Waals surface area contributed by atoms with Crippen LogP contribution < -0.4 is 5.32 Å². The molecule has 0 aromatic heterocycles. The third-order valence-electron chi connectivity index (χ3n) is 3.69. The molecule has 0 radical (unpaired) electrons. The second kappa shape index (κ2) is 6.43. The highest BCUT2D eigenvalue weighted by Gasteiger charge is 2.28. The number of hydrogen-bond acceptors (Lipinski definition) is 4. The average Bonchev–Trinajstić information content (AvgIpc) is 2.95. The summed E-state index contributed by atoms with van der Waals surface area (Å²) in [6.45, 7) is 1.40. The molecule has 0 aromatic carbocycles. The molecule has 1 saturated heterocycles. The van der Waals surface area contributed by atoms with Gasteiger partial charge in [0.1, 0.15) is 0 Å². The van der Waals surface area contributed by atoms with Gasteiger partial charge in [-0.05, 0) is 12.8 Å². The zero-order valence-corrected chi connectivity index (χ0v) is 11.2. The van der Waals surface area contributed by atoms with Gasteiger partial charge in [-0.1, -0.05) is 18.2 Å². The smallest absolute Gasteiger partial charge is 0.281 e. The van der Waals surface area contributed by atoms with Gasteiger partial charge in [0.15, 0.2) is 0 Å². The number of thioether (sulfide) groups is 1. The van der Waals surface area contributed by atoms with E-state index in [1.807, 2.05) is 0 Å². The average molecular weight is 272 g/mol. The van der Waals surface area contributed by atoms with Crippen molar-refractivity contribution in [3.8, 4) is 0 Å². The monoisotopic (exact) mass is 272 g/mol. The number of carbonyl (C=O) groups excluding carboxylic acids is 2. The molecular weight excluding hydrogens is 252 g/mol. The summed E-state index contributed by atoms with van der Waals surface area (Å²) >= 11 is 1.32. The maximum Gasteiger partial charge on any atom is 0.281 e. The Bertz CT molecular complexity index is 324. The SMILES string of the molecule is O=C(CCN1CCSC1=O)NC1CCCC1CO. The lowest BCUT2D eigenvalue weighted by Crippen LogP contribution is -2.40. The third-order valence-corrected chi connectivity index (χ3v) is 4.59. The molecule has 2 unspecified atom stereocenters. The first kappa shape index (κ1) is 13.7. The summed E-state index contributed by atoms with van der Waals surface area (Å²) < 4.78 is 0. The predicted molar refractivity (Wildman–Crippen MR) is 70.4 cm³/mol. The highest BCUT2D eigenvalue weighted by molar-refractivity contribution is 8.13. The molecule has 2 fully saturated rings. The number of nitrogens with zero attached hydrogens (tertiary/aromatic N) is 1. The number of aliphatic hydroxyl groups is 1. The Morgan fingerprint density at radius 2 is 2.33 bits per heavy atom. The summed E-state index contributed by atoms with van der Waals surface area (Å²) in [5.41, 5.74) is 0. The molecule has 0 aromatic rings. The fourth-order valence-corrected chi connectivity index (χ4v) is 3.44. The number of aliphatic hydroxyl groups excluding tert-OH is 1. The van der Waals surface area contributed by atoms with Gasteiger partial charge in [0, 0.05) is 43.8 Å². The molecule has 0 bridgehead atoms. The molecule has 1 aliphatic heterocycles. The molecule has 102 valence electrons. The van der Waals surface area contributed by atoms with E-state index in [9.17, 15) is 14.7 Å². The molecule has 6 heteroatoms. The standard InChI is InChI=1S/C12H20N2O3S/c15-8-9-2-1-3-10(9)13-11(16)4-5-14-6-7-18-12(14)17/h9-10,15H,1-8H2,(H,13,16). The van der Waals surface area contributed by atoms with E-state index in [2.05, 4.69) is 5.32 Å². The van der Waals surface area contributed by atoms with Gasteiger partial charge < -0.3 is 15.3 Å². The van der Waals surface area contributed by atoms with E-state index >= 15 is 0 Å². The largest absolute Gasteiger partial charge is 0.396 e. The van der Waals surface area contributed by atoms with Crippen LogP contribution in [0, 0.1) is 5.92 Å². The summed E-state index contributed by atoms with van der Waals surface area (Å²) in [5.74, 6) is 1.03. The molecule has 2 N–H and O–H groups in total. The van der Waals surface area contributed by atoms with Crippen LogP contribution >= 0.6 is 11.8 Å². The Kier molecular flexibility index (Phi) is 4.88. The normalized spacial score (nSPS) is 27.8. The Labute approximate surface area is 111 Å². The molecule has 18 heavy (non-hydrogen) atoms. The first-order valence-electron chi connectivity index (χ1n) is 6.52. The van der Waals surface area contributed by atoms with Crippen molar-refractivity contribution in [1.82, 2.24) is 10.2 Å². The van der Waals surface area contributed by atoms with Gasteiger partial charge in [0.2, 0.25) is 5.91 Å². The number of carbonyl (C=O) groups is 2. The van der Waals surface area contributed by atoms with Crippen molar-refractivity contribution < 1.29 is 14.7 Å². The van der Waals surface area contributed by atoms with E-state index in [-0.39, 0.29) is 29.7 Å². The van der Waals surface area contributed by atoms with Gasteiger partial charge in [-0.15, -0.1) is 0 Å². The van der Waals surface area contributed by atoms with Crippen LogP contribution in [0.15, 0.2) is 0 Å². The van der Waals surface area contributed by atoms with E-state index in [0.29, 0.717) is 13.0 Å². The van der Waals surface area contributed by atoms with Crippen LogP contribution in [0.25, 0.3) is 0 Å². The minimum Gasteiger partial charge on any atom is -0.396 e. The van der Waals surface area contributed by atoms with Gasteiger partial charge >= 0.3 is 0 Å². The van der Waals surface area contributed by atoms with Gasteiger partial charge in [-0.25, -0.2) is 0 Å². The van der Waals surface area contributed by atoms with Crippen LogP contribution in [0.4, 0.5) is 4.79 Å². The zero-order chi connectivity index (χ0) is 13.0. The Morgan fingerprint density at radius 1 is 1.50 bits per heavy atom. The lowest BCUT2D eigenvalue weighted by Gasteiger charge is -2.20. The number of rotatable bonds is 5. The van der Waals surface area contributed by atoms with E-state index in [1.54, 1.807) is 4.90 Å². The van der Waals surface area contributed by atoms with Gasteiger partial charge in [0.25, 0.3) is 5.24 Å². The molecule has 5 nitrogen and oxygen atoms in total. The maximum absolute atomic E-state index is 11.8. The second-order valence-corrected chi connectivity index (χ2v) is 5.95. The quantitative estimate of drug-likeness (QED) is 0.777. The first-order valence-corrected chi connectivity index (χ1v) is 7.51. The molecule has 0 spiro atoms. The molecule has 2 rings (SSSR count). The predicted octanol–water partition coefficient (Wildman–Crippen LogP) is 0.822. The fraction of sp³-hybridized carbons (Fsp3) is 0.833. The first-order chi connectivity index (χ1) is 8.70. The van der Waals surface area contributed by atoms with Gasteiger partial charge in [-0.3, -0.25) is 9.59 Å². The highest BCUT2D eigenvalue weighted by Crippen LogP contribution is 2.25. The topological polar surface area (TPSA) is 69.6 Å². The number of amides is 2. The van der Waals surface area contributed by atoms with Crippen LogP contribution in [0.3, 0.4) is 0 Å². The lowest BCUT2D eigenvalue weighted by atomic mass is 10.1. The molecule has 1 aliphatic carbocycles. The van der Waals surface area contributed by atoms with Crippen molar-refractivity contribution in [2.24, 2.45) is 5.92 Å². The summed E-state index contributed by atoms with van der Waals surface area (Å²) in [4.78, 5) is 24.9. The van der Waals surface area contributed by atoms with E-state index in [4.69, 9.17) is 0 Å². The van der Waals surface area contributed by atoms with Crippen molar-refractivity contribution in [2.45, 2.75) is 31.7 Å². The van der Waals surface area contributed by atoms with E-state index in [0.717, 1.165) is 31.6 Å². The van der Waals surface area contributed by atoms with Crippen LogP contribution in [-0.4, -0.2) is 52.6 Å². The molecule has 2 atom stereocenters. The zero-order valence-electron chi connectivity index (χ0n) is 10.4. The second-order valence-electron chi connectivity index (χ2n) is 4.90. The lowest BCUT2D eigenvalue weighted by molar-refractivity contribution is -0.122. The third kappa shape index (κ3) is 3.38.